The topological polar surface area (TPSA) is 12.0 Å². The fourth-order valence-electron chi connectivity index (χ4n) is 1.92. The zero-order valence-electron chi connectivity index (χ0n) is 10.3. The van der Waals surface area contributed by atoms with Gasteiger partial charge in [0.1, 0.15) is 11.6 Å². The van der Waals surface area contributed by atoms with Gasteiger partial charge in [-0.05, 0) is 85.0 Å². The molecule has 20 heavy (non-hydrogen) atoms. The molecule has 108 valence electrons. The van der Waals surface area contributed by atoms with Crippen LogP contribution < -0.4 is 5.32 Å². The maximum Gasteiger partial charge on any atom is 0.143 e. The molecule has 1 nitrogen and oxygen atoms in total. The Hall–Kier alpha value is 0.180. The molecule has 0 aliphatic carbocycles. The van der Waals surface area contributed by atoms with E-state index in [-0.39, 0.29) is 22.5 Å². The maximum absolute atomic E-state index is 14.0. The number of hydrogen-bond donors (Lipinski definition) is 1. The second-order valence-electron chi connectivity index (χ2n) is 4.15. The molecule has 1 aromatic carbocycles. The third-order valence-electron chi connectivity index (χ3n) is 2.95. The van der Waals surface area contributed by atoms with Crippen LogP contribution in [0.5, 0.6) is 0 Å². The van der Waals surface area contributed by atoms with Crippen molar-refractivity contribution in [3.63, 3.8) is 0 Å². The van der Waals surface area contributed by atoms with Crippen molar-refractivity contribution in [3.8, 4) is 0 Å². The summed E-state index contributed by atoms with van der Waals surface area (Å²) in [7, 11) is 1.77. The van der Waals surface area contributed by atoms with E-state index < -0.39 is 11.6 Å². The fraction of sp³-hybridized carbons (Fsp3) is 0.231. The van der Waals surface area contributed by atoms with E-state index in [0.717, 1.165) is 13.1 Å². The van der Waals surface area contributed by atoms with Crippen LogP contribution in [0.2, 0.25) is 0 Å². The molecule has 2 rings (SSSR count). The summed E-state index contributed by atoms with van der Waals surface area (Å²) in [5.74, 6) is -1.08. The van der Waals surface area contributed by atoms with Gasteiger partial charge in [-0.2, -0.15) is 0 Å². The molecule has 0 aliphatic rings. The van der Waals surface area contributed by atoms with Gasteiger partial charge in [-0.25, -0.2) is 8.78 Å². The Balaban J connectivity index is 2.36. The zero-order valence-corrected chi connectivity index (χ0v) is 15.9. The third kappa shape index (κ3) is 3.50. The van der Waals surface area contributed by atoms with Crippen molar-refractivity contribution in [1.82, 2.24) is 5.32 Å². The van der Waals surface area contributed by atoms with E-state index in [1.165, 1.54) is 23.5 Å². The molecule has 0 aliphatic heterocycles. The quantitative estimate of drug-likeness (QED) is 0.534. The first-order valence-electron chi connectivity index (χ1n) is 5.68. The summed E-state index contributed by atoms with van der Waals surface area (Å²) in [6, 6.07) is 4.42. The molecule has 0 bridgehead atoms. The van der Waals surface area contributed by atoms with Crippen molar-refractivity contribution in [1.29, 1.82) is 0 Å². The Kier molecular flexibility index (Phi) is 5.76. The van der Waals surface area contributed by atoms with Crippen LogP contribution in [0.25, 0.3) is 0 Å². The van der Waals surface area contributed by atoms with Gasteiger partial charge < -0.3 is 5.32 Å². The SMILES string of the molecule is CNC(Cc1c(F)ccc(Br)c1F)c1cc(Br)sc1Br. The number of likely N-dealkylation sites (N-methyl/N-ethyl adjacent to an activating group) is 1. The number of thiophene rings is 1. The van der Waals surface area contributed by atoms with Crippen molar-refractivity contribution in [2.45, 2.75) is 12.5 Å². The van der Waals surface area contributed by atoms with Gasteiger partial charge in [0.05, 0.1) is 12.0 Å². The molecule has 2 aromatic rings. The average Bonchev–Trinajstić information content (AvgIpc) is 2.74. The maximum atomic E-state index is 14.0. The van der Waals surface area contributed by atoms with Crippen LogP contribution in [0.3, 0.4) is 0 Å². The first kappa shape index (κ1) is 16.5. The summed E-state index contributed by atoms with van der Waals surface area (Å²) in [5, 5.41) is 3.10. The average molecular weight is 490 g/mol. The molecule has 0 saturated carbocycles. The number of hydrogen-bond acceptors (Lipinski definition) is 2. The Morgan fingerprint density at radius 1 is 1.25 bits per heavy atom. The molecule has 1 atom stereocenters. The predicted molar refractivity (Wildman–Crippen MR) is 89.3 cm³/mol. The number of benzene rings is 1. The fourth-order valence-corrected chi connectivity index (χ4v) is 5.26. The third-order valence-corrected chi connectivity index (χ3v) is 5.95. The highest BCUT2D eigenvalue weighted by Gasteiger charge is 2.21. The van der Waals surface area contributed by atoms with Crippen LogP contribution in [0.15, 0.2) is 30.2 Å². The molecular weight excluding hydrogens is 480 g/mol. The summed E-state index contributed by atoms with van der Waals surface area (Å²) in [6.45, 7) is 0. The first-order valence-corrected chi connectivity index (χ1v) is 8.88. The lowest BCUT2D eigenvalue weighted by Crippen LogP contribution is -2.20. The molecule has 0 spiro atoms. The van der Waals surface area contributed by atoms with Crippen molar-refractivity contribution in [3.05, 3.63) is 53.0 Å². The Bertz CT molecular complexity index is 630. The summed E-state index contributed by atoms with van der Waals surface area (Å²) in [6.07, 6.45) is 0.232. The van der Waals surface area contributed by atoms with Gasteiger partial charge in [0.2, 0.25) is 0 Å². The molecule has 1 N–H and O–H groups in total. The highest BCUT2D eigenvalue weighted by molar-refractivity contribution is 9.12. The lowest BCUT2D eigenvalue weighted by Gasteiger charge is -2.17. The second-order valence-corrected chi connectivity index (χ2v) is 8.75. The first-order chi connectivity index (χ1) is 9.43. The molecule has 0 radical (unpaired) electrons. The normalized spacial score (nSPS) is 12.7. The van der Waals surface area contributed by atoms with Gasteiger partial charge in [0.25, 0.3) is 0 Å². The van der Waals surface area contributed by atoms with Crippen LogP contribution in [-0.4, -0.2) is 7.05 Å². The van der Waals surface area contributed by atoms with Crippen LogP contribution in [0.1, 0.15) is 17.2 Å². The zero-order chi connectivity index (χ0) is 14.9. The van der Waals surface area contributed by atoms with E-state index in [1.807, 2.05) is 6.07 Å². The molecule has 0 amide bonds. The molecule has 0 saturated heterocycles. The van der Waals surface area contributed by atoms with Crippen molar-refractivity contribution < 1.29 is 8.78 Å². The Morgan fingerprint density at radius 3 is 2.50 bits per heavy atom. The van der Waals surface area contributed by atoms with Gasteiger partial charge in [-0.3, -0.25) is 0 Å². The lowest BCUT2D eigenvalue weighted by molar-refractivity contribution is 0.512. The number of rotatable bonds is 4. The molecular formula is C13H10Br3F2NS. The van der Waals surface area contributed by atoms with Crippen LogP contribution >= 0.6 is 59.1 Å². The van der Waals surface area contributed by atoms with Gasteiger partial charge in [0, 0.05) is 11.6 Å². The highest BCUT2D eigenvalue weighted by Crippen LogP contribution is 2.37. The summed E-state index contributed by atoms with van der Waals surface area (Å²) in [4.78, 5) is 0. The summed E-state index contributed by atoms with van der Waals surface area (Å²) < 4.78 is 30.1. The van der Waals surface area contributed by atoms with Crippen molar-refractivity contribution in [2.24, 2.45) is 0 Å². The van der Waals surface area contributed by atoms with Gasteiger partial charge >= 0.3 is 0 Å². The molecule has 0 fully saturated rings. The number of nitrogens with one attached hydrogen (secondary N) is 1. The largest absolute Gasteiger partial charge is 0.313 e. The van der Waals surface area contributed by atoms with Crippen molar-refractivity contribution in [2.75, 3.05) is 7.05 Å². The lowest BCUT2D eigenvalue weighted by atomic mass is 10.0. The minimum absolute atomic E-state index is 0.0768. The molecule has 7 heteroatoms. The minimum atomic E-state index is -0.546. The van der Waals surface area contributed by atoms with Crippen LogP contribution in [0, 0.1) is 11.6 Å². The standard InChI is InChI=1S/C13H10Br3F2NS/c1-19-10(7-5-11(15)20-13(7)16)4-6-9(17)3-2-8(14)12(6)18/h2-3,5,10,19H,4H2,1H3. The van der Waals surface area contributed by atoms with E-state index >= 15 is 0 Å². The second kappa shape index (κ2) is 6.96. The van der Waals surface area contributed by atoms with E-state index in [1.54, 1.807) is 7.05 Å². The molecule has 1 unspecified atom stereocenters. The highest BCUT2D eigenvalue weighted by atomic mass is 79.9. The van der Waals surface area contributed by atoms with Crippen LogP contribution in [-0.2, 0) is 6.42 Å². The van der Waals surface area contributed by atoms with Gasteiger partial charge in [-0.15, -0.1) is 11.3 Å². The van der Waals surface area contributed by atoms with Gasteiger partial charge in [-0.1, -0.05) is 0 Å². The number of halogens is 5. The van der Waals surface area contributed by atoms with Gasteiger partial charge in [0.15, 0.2) is 0 Å². The van der Waals surface area contributed by atoms with E-state index in [9.17, 15) is 8.78 Å². The smallest absolute Gasteiger partial charge is 0.143 e. The molecule has 1 aromatic heterocycles. The monoisotopic (exact) mass is 487 g/mol. The van der Waals surface area contributed by atoms with Crippen molar-refractivity contribution >= 4 is 59.1 Å². The van der Waals surface area contributed by atoms with E-state index in [2.05, 4.69) is 53.1 Å². The summed E-state index contributed by atoms with van der Waals surface area (Å²) in [5.41, 5.74) is 1.05. The van der Waals surface area contributed by atoms with E-state index in [0.29, 0.717) is 0 Å². The van der Waals surface area contributed by atoms with Crippen LogP contribution in [0.4, 0.5) is 8.78 Å². The van der Waals surface area contributed by atoms with E-state index in [4.69, 9.17) is 0 Å². The summed E-state index contributed by atoms with van der Waals surface area (Å²) >= 11 is 11.5. The Morgan fingerprint density at radius 2 is 1.95 bits per heavy atom. The minimum Gasteiger partial charge on any atom is -0.313 e. The Labute approximate surface area is 145 Å². The molecule has 1 heterocycles. The predicted octanol–water partition coefficient (Wildman–Crippen LogP) is 5.82.